The summed E-state index contributed by atoms with van der Waals surface area (Å²) in [4.78, 5) is 11.7. The maximum absolute atomic E-state index is 12.8. The molecule has 0 radical (unpaired) electrons. The molecule has 2 aromatic rings. The van der Waals surface area contributed by atoms with Crippen molar-refractivity contribution in [1.82, 2.24) is 10.2 Å². The van der Waals surface area contributed by atoms with Crippen LogP contribution in [-0.2, 0) is 21.1 Å². The molecule has 1 N–H and O–H groups in total. The largest absolute Gasteiger partial charge is 0.301 e. The molecule has 0 saturated heterocycles. The number of carbonyl (C=O) groups is 1. The normalized spacial score (nSPS) is 11.4. The summed E-state index contributed by atoms with van der Waals surface area (Å²) in [6.07, 6.45) is 0.507. The van der Waals surface area contributed by atoms with Crippen molar-refractivity contribution < 1.29 is 17.6 Å². The van der Waals surface area contributed by atoms with Crippen LogP contribution in [0.2, 0.25) is 0 Å². The molecule has 0 aliphatic carbocycles. The molecule has 0 unspecified atom stereocenters. The van der Waals surface area contributed by atoms with Gasteiger partial charge in [-0.25, -0.2) is 12.8 Å². The standard InChI is InChI=1S/C13H14FN3O3S2/c1-2-12-16-17-13(21-12)15-11(18)7-8-22(19,20)10-5-3-9(14)4-6-10/h3-6H,2,7-8H2,1H3,(H,15,17,18). The molecule has 0 bridgehead atoms. The van der Waals surface area contributed by atoms with Gasteiger partial charge < -0.3 is 5.32 Å². The summed E-state index contributed by atoms with van der Waals surface area (Å²) >= 11 is 1.25. The lowest BCUT2D eigenvalue weighted by molar-refractivity contribution is -0.115. The van der Waals surface area contributed by atoms with Crippen LogP contribution in [0.4, 0.5) is 9.52 Å². The van der Waals surface area contributed by atoms with Crippen LogP contribution in [0.3, 0.4) is 0 Å². The number of hydrogen-bond donors (Lipinski definition) is 1. The number of halogens is 1. The van der Waals surface area contributed by atoms with Crippen molar-refractivity contribution in [2.45, 2.75) is 24.7 Å². The first kappa shape index (κ1) is 16.5. The first-order chi connectivity index (χ1) is 10.4. The van der Waals surface area contributed by atoms with Gasteiger partial charge in [-0.1, -0.05) is 18.3 Å². The van der Waals surface area contributed by atoms with E-state index in [4.69, 9.17) is 0 Å². The molecule has 1 aromatic carbocycles. The number of sulfone groups is 1. The van der Waals surface area contributed by atoms with Crippen LogP contribution >= 0.6 is 11.3 Å². The quantitative estimate of drug-likeness (QED) is 0.811. The van der Waals surface area contributed by atoms with E-state index < -0.39 is 21.6 Å². The van der Waals surface area contributed by atoms with Crippen molar-refractivity contribution in [3.8, 4) is 0 Å². The van der Waals surface area contributed by atoms with Crippen LogP contribution in [0.15, 0.2) is 29.2 Å². The van der Waals surface area contributed by atoms with Crippen molar-refractivity contribution in [2.24, 2.45) is 0 Å². The van der Waals surface area contributed by atoms with Crippen molar-refractivity contribution in [1.29, 1.82) is 0 Å². The van der Waals surface area contributed by atoms with Gasteiger partial charge in [-0.05, 0) is 30.7 Å². The van der Waals surface area contributed by atoms with E-state index in [1.54, 1.807) is 0 Å². The molecule has 0 atom stereocenters. The lowest BCUT2D eigenvalue weighted by Crippen LogP contribution is -2.17. The summed E-state index contributed by atoms with van der Waals surface area (Å²) in [6.45, 7) is 1.92. The van der Waals surface area contributed by atoms with Gasteiger partial charge in [-0.3, -0.25) is 4.79 Å². The van der Waals surface area contributed by atoms with E-state index in [2.05, 4.69) is 15.5 Å². The van der Waals surface area contributed by atoms with Crippen molar-refractivity contribution >= 4 is 32.2 Å². The highest BCUT2D eigenvalue weighted by molar-refractivity contribution is 7.91. The average molecular weight is 343 g/mol. The van der Waals surface area contributed by atoms with Crippen LogP contribution in [-0.4, -0.2) is 30.3 Å². The Balaban J connectivity index is 1.93. The minimum absolute atomic E-state index is 0.00844. The van der Waals surface area contributed by atoms with Crippen LogP contribution in [0.1, 0.15) is 18.4 Å². The van der Waals surface area contributed by atoms with E-state index in [-0.39, 0.29) is 17.1 Å². The fourth-order valence-electron chi connectivity index (χ4n) is 1.62. The lowest BCUT2D eigenvalue weighted by Gasteiger charge is -2.04. The number of aryl methyl sites for hydroxylation is 1. The Kier molecular flexibility index (Phi) is 5.19. The van der Waals surface area contributed by atoms with Crippen molar-refractivity contribution in [3.05, 3.63) is 35.1 Å². The Morgan fingerprint density at radius 3 is 2.55 bits per heavy atom. The molecule has 0 fully saturated rings. The molecule has 6 nitrogen and oxygen atoms in total. The third kappa shape index (κ3) is 4.31. The Bertz CT molecular complexity index is 757. The van der Waals surface area contributed by atoms with Gasteiger partial charge in [0.25, 0.3) is 0 Å². The highest BCUT2D eigenvalue weighted by Gasteiger charge is 2.17. The zero-order valence-corrected chi connectivity index (χ0v) is 13.4. The van der Waals surface area contributed by atoms with E-state index in [9.17, 15) is 17.6 Å². The number of carbonyl (C=O) groups excluding carboxylic acids is 1. The summed E-state index contributed by atoms with van der Waals surface area (Å²) in [5.74, 6) is -1.33. The van der Waals surface area contributed by atoms with Gasteiger partial charge in [-0.2, -0.15) is 0 Å². The number of aromatic nitrogens is 2. The molecule has 118 valence electrons. The van der Waals surface area contributed by atoms with E-state index >= 15 is 0 Å². The highest BCUT2D eigenvalue weighted by Crippen LogP contribution is 2.16. The van der Waals surface area contributed by atoms with Gasteiger partial charge in [0.1, 0.15) is 10.8 Å². The molecule has 0 spiro atoms. The molecule has 1 aromatic heterocycles. The monoisotopic (exact) mass is 343 g/mol. The first-order valence-corrected chi connectivity index (χ1v) is 8.98. The second-order valence-electron chi connectivity index (χ2n) is 4.43. The number of nitrogens with one attached hydrogen (secondary N) is 1. The Labute approximate surface area is 131 Å². The highest BCUT2D eigenvalue weighted by atomic mass is 32.2. The molecule has 1 amide bonds. The maximum atomic E-state index is 12.8. The fourth-order valence-corrected chi connectivity index (χ4v) is 3.55. The average Bonchev–Trinajstić information content (AvgIpc) is 2.93. The van der Waals surface area contributed by atoms with E-state index in [0.29, 0.717) is 11.6 Å². The third-order valence-electron chi connectivity index (χ3n) is 2.79. The van der Waals surface area contributed by atoms with Gasteiger partial charge in [-0.15, -0.1) is 10.2 Å². The van der Waals surface area contributed by atoms with Gasteiger partial charge >= 0.3 is 0 Å². The fraction of sp³-hybridized carbons (Fsp3) is 0.308. The summed E-state index contributed by atoms with van der Waals surface area (Å²) in [5.41, 5.74) is 0. The molecular weight excluding hydrogens is 329 g/mol. The number of rotatable bonds is 6. The molecular formula is C13H14FN3O3S2. The number of hydrogen-bond acceptors (Lipinski definition) is 6. The number of benzene rings is 1. The molecule has 22 heavy (non-hydrogen) atoms. The number of amides is 1. The predicted octanol–water partition coefficient (Wildman–Crippen LogP) is 2.04. The molecule has 9 heteroatoms. The lowest BCUT2D eigenvalue weighted by atomic mass is 10.4. The van der Waals surface area contributed by atoms with Crippen molar-refractivity contribution in [3.63, 3.8) is 0 Å². The van der Waals surface area contributed by atoms with Crippen LogP contribution in [0, 0.1) is 5.82 Å². The molecule has 0 aliphatic heterocycles. The van der Waals surface area contributed by atoms with E-state index in [0.717, 1.165) is 17.1 Å². The van der Waals surface area contributed by atoms with Crippen molar-refractivity contribution in [2.75, 3.05) is 11.1 Å². The summed E-state index contributed by atoms with van der Waals surface area (Å²) < 4.78 is 36.8. The van der Waals surface area contributed by atoms with E-state index in [1.165, 1.54) is 23.5 Å². The van der Waals surface area contributed by atoms with E-state index in [1.807, 2.05) is 6.92 Å². The minimum Gasteiger partial charge on any atom is -0.301 e. The van der Waals surface area contributed by atoms with Crippen LogP contribution in [0.25, 0.3) is 0 Å². The number of nitrogens with zero attached hydrogens (tertiary/aromatic N) is 2. The maximum Gasteiger partial charge on any atom is 0.227 e. The van der Waals surface area contributed by atoms with Gasteiger partial charge in [0.05, 0.1) is 10.6 Å². The summed E-state index contributed by atoms with van der Waals surface area (Å²) in [5, 5.41) is 11.3. The predicted molar refractivity (Wildman–Crippen MR) is 81.0 cm³/mol. The Morgan fingerprint density at radius 1 is 1.27 bits per heavy atom. The zero-order chi connectivity index (χ0) is 16.2. The Hall–Kier alpha value is -1.87. The smallest absolute Gasteiger partial charge is 0.227 e. The Morgan fingerprint density at radius 2 is 1.95 bits per heavy atom. The summed E-state index contributed by atoms with van der Waals surface area (Å²) in [6, 6.07) is 4.50. The van der Waals surface area contributed by atoms with Crippen LogP contribution in [0.5, 0.6) is 0 Å². The SMILES string of the molecule is CCc1nnc(NC(=O)CCS(=O)(=O)c2ccc(F)cc2)s1. The molecule has 0 saturated carbocycles. The molecule has 0 aliphatic rings. The zero-order valence-electron chi connectivity index (χ0n) is 11.7. The number of anilines is 1. The minimum atomic E-state index is -3.62. The second kappa shape index (κ2) is 6.93. The van der Waals surface area contributed by atoms with Crippen LogP contribution < -0.4 is 5.32 Å². The van der Waals surface area contributed by atoms with Gasteiger partial charge in [0.15, 0.2) is 9.84 Å². The van der Waals surface area contributed by atoms with Gasteiger partial charge in [0, 0.05) is 6.42 Å². The summed E-state index contributed by atoms with van der Waals surface area (Å²) in [7, 11) is -3.62. The molecule has 1 heterocycles. The third-order valence-corrected chi connectivity index (χ3v) is 5.50. The first-order valence-electron chi connectivity index (χ1n) is 6.51. The topological polar surface area (TPSA) is 89.0 Å². The second-order valence-corrected chi connectivity index (χ2v) is 7.60. The molecule has 2 rings (SSSR count). The van der Waals surface area contributed by atoms with Gasteiger partial charge in [0.2, 0.25) is 11.0 Å².